The Labute approximate surface area is 149 Å². The molecule has 0 bridgehead atoms. The van der Waals surface area contributed by atoms with Gasteiger partial charge in [-0.2, -0.15) is 0 Å². The molecule has 1 aliphatic rings. The predicted molar refractivity (Wildman–Crippen MR) is 96.8 cm³/mol. The summed E-state index contributed by atoms with van der Waals surface area (Å²) < 4.78 is 5.13. The van der Waals surface area contributed by atoms with Gasteiger partial charge in [-0.05, 0) is 38.4 Å². The molecule has 0 spiro atoms. The van der Waals surface area contributed by atoms with Crippen molar-refractivity contribution in [2.24, 2.45) is 0 Å². The Morgan fingerprint density at radius 1 is 1.42 bits per heavy atom. The van der Waals surface area contributed by atoms with E-state index >= 15 is 0 Å². The third kappa shape index (κ3) is 6.02. The molecule has 0 radical (unpaired) electrons. The Kier molecular flexibility index (Phi) is 8.57. The number of likely N-dealkylation sites (N-methyl/N-ethyl adjacent to an activating group) is 1. The molecule has 0 saturated carbocycles. The molecule has 1 heterocycles. The summed E-state index contributed by atoms with van der Waals surface area (Å²) in [5, 5.41) is 6.11. The molecule has 0 aliphatic carbocycles. The molecule has 2 amide bonds. The van der Waals surface area contributed by atoms with E-state index < -0.39 is 0 Å². The molecule has 134 valence electrons. The summed E-state index contributed by atoms with van der Waals surface area (Å²) in [4.78, 5) is 26.1. The van der Waals surface area contributed by atoms with Crippen LogP contribution in [0, 0.1) is 0 Å². The van der Waals surface area contributed by atoms with Crippen molar-refractivity contribution >= 4 is 29.9 Å². The van der Waals surface area contributed by atoms with Gasteiger partial charge in [-0.15, -0.1) is 12.4 Å². The van der Waals surface area contributed by atoms with Crippen molar-refractivity contribution in [1.82, 2.24) is 10.2 Å². The Morgan fingerprint density at radius 2 is 2.21 bits per heavy atom. The maximum absolute atomic E-state index is 12.3. The van der Waals surface area contributed by atoms with Crippen LogP contribution in [-0.2, 0) is 9.59 Å². The topological polar surface area (TPSA) is 70.7 Å². The lowest BCUT2D eigenvalue weighted by atomic mass is 10.1. The van der Waals surface area contributed by atoms with E-state index in [0.717, 1.165) is 19.4 Å². The molecule has 2 rings (SSSR count). The summed E-state index contributed by atoms with van der Waals surface area (Å²) in [6, 6.07) is 7.41. The van der Waals surface area contributed by atoms with Crippen LogP contribution in [0.5, 0.6) is 5.75 Å². The second-order valence-corrected chi connectivity index (χ2v) is 5.69. The minimum Gasteiger partial charge on any atom is -0.497 e. The van der Waals surface area contributed by atoms with E-state index in [2.05, 4.69) is 10.6 Å². The van der Waals surface area contributed by atoms with Gasteiger partial charge in [-0.25, -0.2) is 0 Å². The average molecular weight is 356 g/mol. The number of methoxy groups -OCH3 is 1. The molecule has 1 aromatic carbocycles. The number of hydrogen-bond donors (Lipinski definition) is 2. The quantitative estimate of drug-likeness (QED) is 0.785. The monoisotopic (exact) mass is 355 g/mol. The highest BCUT2D eigenvalue weighted by atomic mass is 35.5. The first kappa shape index (κ1) is 20.3. The highest BCUT2D eigenvalue weighted by molar-refractivity contribution is 5.94. The van der Waals surface area contributed by atoms with Gasteiger partial charge in [-0.3, -0.25) is 9.59 Å². The third-order valence-electron chi connectivity index (χ3n) is 4.01. The Morgan fingerprint density at radius 3 is 2.83 bits per heavy atom. The molecule has 2 N–H and O–H groups in total. The Bertz CT molecular complexity index is 548. The van der Waals surface area contributed by atoms with Crippen LogP contribution >= 0.6 is 12.4 Å². The van der Waals surface area contributed by atoms with Crippen molar-refractivity contribution in [2.45, 2.75) is 32.2 Å². The largest absolute Gasteiger partial charge is 0.497 e. The number of amides is 2. The molecule has 1 unspecified atom stereocenters. The van der Waals surface area contributed by atoms with Crippen LogP contribution in [-0.4, -0.2) is 49.5 Å². The van der Waals surface area contributed by atoms with Gasteiger partial charge < -0.3 is 20.3 Å². The van der Waals surface area contributed by atoms with Crippen LogP contribution in [0.15, 0.2) is 24.3 Å². The van der Waals surface area contributed by atoms with Gasteiger partial charge in [0.2, 0.25) is 11.8 Å². The molecule has 1 saturated heterocycles. The number of anilines is 1. The molecule has 0 aromatic heterocycles. The van der Waals surface area contributed by atoms with E-state index in [4.69, 9.17) is 4.74 Å². The fourth-order valence-electron chi connectivity index (χ4n) is 2.72. The van der Waals surface area contributed by atoms with Crippen LogP contribution in [0.1, 0.15) is 26.2 Å². The third-order valence-corrected chi connectivity index (χ3v) is 4.01. The molecule has 1 aromatic rings. The number of ether oxygens (including phenoxy) is 1. The van der Waals surface area contributed by atoms with Gasteiger partial charge in [0.1, 0.15) is 5.75 Å². The SMILES string of the molecule is CCN(CC(=O)Nc1cccc(OC)c1)C(=O)CC1CCCN1.Cl. The van der Waals surface area contributed by atoms with E-state index in [1.165, 1.54) is 0 Å². The first-order chi connectivity index (χ1) is 11.1. The standard InChI is InChI=1S/C17H25N3O3.ClH/c1-3-20(17(22)11-13-7-5-9-18-13)12-16(21)19-14-6-4-8-15(10-14)23-2;/h4,6,8,10,13,18H,3,5,7,9,11-12H2,1-2H3,(H,19,21);1H. The van der Waals surface area contributed by atoms with E-state index in [9.17, 15) is 9.59 Å². The first-order valence-electron chi connectivity index (χ1n) is 8.07. The van der Waals surface area contributed by atoms with Crippen LogP contribution in [0.3, 0.4) is 0 Å². The Balaban J connectivity index is 0.00000288. The average Bonchev–Trinajstić information content (AvgIpc) is 3.05. The van der Waals surface area contributed by atoms with Crippen molar-refractivity contribution in [2.75, 3.05) is 32.1 Å². The zero-order chi connectivity index (χ0) is 16.7. The van der Waals surface area contributed by atoms with Crippen molar-refractivity contribution in [1.29, 1.82) is 0 Å². The maximum Gasteiger partial charge on any atom is 0.243 e. The summed E-state index contributed by atoms with van der Waals surface area (Å²) in [5.41, 5.74) is 0.662. The van der Waals surface area contributed by atoms with Crippen LogP contribution in [0.25, 0.3) is 0 Å². The predicted octanol–water partition coefficient (Wildman–Crippen LogP) is 2.05. The zero-order valence-corrected chi connectivity index (χ0v) is 15.0. The van der Waals surface area contributed by atoms with E-state index in [1.54, 1.807) is 24.1 Å². The van der Waals surface area contributed by atoms with Gasteiger partial charge in [0.15, 0.2) is 0 Å². The number of carbonyl (C=O) groups is 2. The second-order valence-electron chi connectivity index (χ2n) is 5.69. The molecule has 6 nitrogen and oxygen atoms in total. The van der Waals surface area contributed by atoms with Crippen molar-refractivity contribution in [3.8, 4) is 5.75 Å². The smallest absolute Gasteiger partial charge is 0.243 e. The van der Waals surface area contributed by atoms with Crippen molar-refractivity contribution in [3.05, 3.63) is 24.3 Å². The maximum atomic E-state index is 12.3. The molecule has 1 atom stereocenters. The molecule has 7 heteroatoms. The highest BCUT2D eigenvalue weighted by Gasteiger charge is 2.22. The lowest BCUT2D eigenvalue weighted by molar-refractivity contribution is -0.134. The van der Waals surface area contributed by atoms with Gasteiger partial charge >= 0.3 is 0 Å². The fourth-order valence-corrected chi connectivity index (χ4v) is 2.72. The summed E-state index contributed by atoms with van der Waals surface area (Å²) in [6.45, 7) is 3.45. The van der Waals surface area contributed by atoms with Gasteiger partial charge in [0.25, 0.3) is 0 Å². The van der Waals surface area contributed by atoms with Crippen molar-refractivity contribution < 1.29 is 14.3 Å². The molecule has 1 aliphatic heterocycles. The molecular weight excluding hydrogens is 330 g/mol. The van der Waals surface area contributed by atoms with E-state index in [0.29, 0.717) is 24.4 Å². The van der Waals surface area contributed by atoms with E-state index in [-0.39, 0.29) is 36.8 Å². The minimum atomic E-state index is -0.201. The first-order valence-corrected chi connectivity index (χ1v) is 8.07. The summed E-state index contributed by atoms with van der Waals surface area (Å²) in [5.74, 6) is 0.499. The summed E-state index contributed by atoms with van der Waals surface area (Å²) in [6.07, 6.45) is 2.60. The van der Waals surface area contributed by atoms with Crippen LogP contribution < -0.4 is 15.4 Å². The van der Waals surface area contributed by atoms with E-state index in [1.807, 2.05) is 19.1 Å². The number of halogens is 1. The number of hydrogen-bond acceptors (Lipinski definition) is 4. The highest BCUT2D eigenvalue weighted by Crippen LogP contribution is 2.16. The van der Waals surface area contributed by atoms with Crippen molar-refractivity contribution in [3.63, 3.8) is 0 Å². The van der Waals surface area contributed by atoms with Crippen LogP contribution in [0.2, 0.25) is 0 Å². The van der Waals surface area contributed by atoms with Gasteiger partial charge in [0, 0.05) is 30.8 Å². The Hall–Kier alpha value is -1.79. The molecule has 1 fully saturated rings. The second kappa shape index (κ2) is 10.2. The lowest BCUT2D eigenvalue weighted by Crippen LogP contribution is -2.40. The van der Waals surface area contributed by atoms with Gasteiger partial charge in [-0.1, -0.05) is 6.07 Å². The summed E-state index contributed by atoms with van der Waals surface area (Å²) >= 11 is 0. The number of nitrogens with one attached hydrogen (secondary N) is 2. The summed E-state index contributed by atoms with van der Waals surface area (Å²) in [7, 11) is 1.58. The lowest BCUT2D eigenvalue weighted by Gasteiger charge is -2.22. The number of carbonyl (C=O) groups excluding carboxylic acids is 2. The molecule has 24 heavy (non-hydrogen) atoms. The minimum absolute atomic E-state index is 0. The van der Waals surface area contributed by atoms with Gasteiger partial charge in [0.05, 0.1) is 13.7 Å². The zero-order valence-electron chi connectivity index (χ0n) is 14.2. The fraction of sp³-hybridized carbons (Fsp3) is 0.529. The van der Waals surface area contributed by atoms with Crippen LogP contribution in [0.4, 0.5) is 5.69 Å². The number of nitrogens with zero attached hydrogens (tertiary/aromatic N) is 1. The number of rotatable bonds is 7. The normalized spacial score (nSPS) is 16.2. The molecular formula is C17H26ClN3O3. The number of benzene rings is 1.